The Morgan fingerprint density at radius 1 is 1.47 bits per heavy atom. The minimum Gasteiger partial charge on any atom is -0.508 e. The minimum atomic E-state index is 0.00630. The molecule has 0 radical (unpaired) electrons. The lowest BCUT2D eigenvalue weighted by Crippen LogP contribution is -2.20. The van der Waals surface area contributed by atoms with Crippen molar-refractivity contribution < 1.29 is 9.84 Å². The van der Waals surface area contributed by atoms with E-state index in [-0.39, 0.29) is 11.8 Å². The molecule has 0 fully saturated rings. The van der Waals surface area contributed by atoms with Crippen LogP contribution in [-0.4, -0.2) is 21.8 Å². The van der Waals surface area contributed by atoms with Crippen LogP contribution in [0.1, 0.15) is 24.4 Å². The van der Waals surface area contributed by atoms with Crippen LogP contribution >= 0.6 is 0 Å². The fourth-order valence-corrected chi connectivity index (χ4v) is 1.93. The zero-order chi connectivity index (χ0) is 13.8. The number of aryl methyl sites for hydroxylation is 1. The Balaban J connectivity index is 2.07. The minimum absolute atomic E-state index is 0.00630. The lowest BCUT2D eigenvalue weighted by atomic mass is 10.1. The van der Waals surface area contributed by atoms with Crippen molar-refractivity contribution in [1.29, 1.82) is 0 Å². The first-order valence-electron chi connectivity index (χ1n) is 6.18. The lowest BCUT2D eigenvalue weighted by Gasteiger charge is -2.16. The van der Waals surface area contributed by atoms with Gasteiger partial charge in [-0.25, -0.2) is 4.98 Å². The van der Waals surface area contributed by atoms with Crippen molar-refractivity contribution in [3.63, 3.8) is 0 Å². The van der Waals surface area contributed by atoms with Gasteiger partial charge in [-0.1, -0.05) is 0 Å². The Labute approximate surface area is 112 Å². The molecule has 1 heterocycles. The molecule has 2 N–H and O–H groups in total. The molecule has 5 heteroatoms. The normalized spacial score (nSPS) is 12.4. The summed E-state index contributed by atoms with van der Waals surface area (Å²) >= 11 is 0. The van der Waals surface area contributed by atoms with Gasteiger partial charge in [0.15, 0.2) is 0 Å². The number of hydrogen-bond donors (Lipinski definition) is 2. The summed E-state index contributed by atoms with van der Waals surface area (Å²) in [5.41, 5.74) is 0.813. The first-order chi connectivity index (χ1) is 9.11. The number of benzene rings is 1. The SMILES string of the molecule is COc1ccc(O)c(C(C)NCc2nccn2C)c1. The second-order valence-electron chi connectivity index (χ2n) is 4.48. The molecule has 0 aliphatic rings. The molecule has 0 spiro atoms. The largest absolute Gasteiger partial charge is 0.508 e. The van der Waals surface area contributed by atoms with Gasteiger partial charge >= 0.3 is 0 Å². The molecule has 1 unspecified atom stereocenters. The van der Waals surface area contributed by atoms with E-state index in [1.54, 1.807) is 25.4 Å². The maximum Gasteiger partial charge on any atom is 0.122 e. The molecule has 2 rings (SSSR count). The summed E-state index contributed by atoms with van der Waals surface area (Å²) in [7, 11) is 3.57. The van der Waals surface area contributed by atoms with E-state index in [0.717, 1.165) is 17.1 Å². The summed E-state index contributed by atoms with van der Waals surface area (Å²) in [6.45, 7) is 2.64. The van der Waals surface area contributed by atoms with Crippen molar-refractivity contribution in [3.8, 4) is 11.5 Å². The monoisotopic (exact) mass is 261 g/mol. The number of phenolic OH excluding ortho intramolecular Hbond substituents is 1. The predicted molar refractivity (Wildman–Crippen MR) is 73.1 cm³/mol. The fourth-order valence-electron chi connectivity index (χ4n) is 1.93. The summed E-state index contributed by atoms with van der Waals surface area (Å²) in [4.78, 5) is 4.25. The van der Waals surface area contributed by atoms with Gasteiger partial charge in [-0.05, 0) is 25.1 Å². The highest BCUT2D eigenvalue weighted by Gasteiger charge is 2.12. The van der Waals surface area contributed by atoms with Crippen LogP contribution in [0.25, 0.3) is 0 Å². The van der Waals surface area contributed by atoms with Gasteiger partial charge in [0.1, 0.15) is 17.3 Å². The number of phenols is 1. The Morgan fingerprint density at radius 3 is 2.89 bits per heavy atom. The van der Waals surface area contributed by atoms with Gasteiger partial charge in [0.05, 0.1) is 13.7 Å². The van der Waals surface area contributed by atoms with Crippen molar-refractivity contribution in [3.05, 3.63) is 42.0 Å². The van der Waals surface area contributed by atoms with Gasteiger partial charge in [-0.3, -0.25) is 0 Å². The molecule has 0 aliphatic heterocycles. The van der Waals surface area contributed by atoms with E-state index in [9.17, 15) is 5.11 Å². The number of nitrogens with zero attached hydrogens (tertiary/aromatic N) is 2. The van der Waals surface area contributed by atoms with Gasteiger partial charge in [0.2, 0.25) is 0 Å². The van der Waals surface area contributed by atoms with Crippen molar-refractivity contribution >= 4 is 0 Å². The van der Waals surface area contributed by atoms with E-state index in [0.29, 0.717) is 6.54 Å². The standard InChI is InChI=1S/C14H19N3O2/c1-10(16-9-14-15-6-7-17(14)2)12-8-11(19-3)4-5-13(12)18/h4-8,10,16,18H,9H2,1-3H3. The molecular formula is C14H19N3O2. The smallest absolute Gasteiger partial charge is 0.122 e. The maximum absolute atomic E-state index is 9.90. The molecule has 1 aromatic heterocycles. The third kappa shape index (κ3) is 3.06. The number of ether oxygens (including phenoxy) is 1. The number of nitrogens with one attached hydrogen (secondary N) is 1. The third-order valence-electron chi connectivity index (χ3n) is 3.19. The molecule has 19 heavy (non-hydrogen) atoms. The van der Waals surface area contributed by atoms with E-state index in [4.69, 9.17) is 4.74 Å². The van der Waals surface area contributed by atoms with Gasteiger partial charge in [0, 0.05) is 31.0 Å². The van der Waals surface area contributed by atoms with E-state index < -0.39 is 0 Å². The summed E-state index contributed by atoms with van der Waals surface area (Å²) in [5.74, 6) is 1.95. The Kier molecular flexibility index (Phi) is 4.06. The van der Waals surface area contributed by atoms with Crippen molar-refractivity contribution in [2.45, 2.75) is 19.5 Å². The van der Waals surface area contributed by atoms with Gasteiger partial charge < -0.3 is 19.7 Å². The Hall–Kier alpha value is -2.01. The first kappa shape index (κ1) is 13.4. The predicted octanol–water partition coefficient (Wildman–Crippen LogP) is 1.99. The summed E-state index contributed by atoms with van der Waals surface area (Å²) < 4.78 is 7.14. The highest BCUT2D eigenvalue weighted by atomic mass is 16.5. The average Bonchev–Trinajstić information content (AvgIpc) is 2.82. The zero-order valence-electron chi connectivity index (χ0n) is 11.4. The molecule has 102 valence electrons. The van der Waals surface area contributed by atoms with E-state index in [2.05, 4.69) is 10.3 Å². The number of imidazole rings is 1. The Morgan fingerprint density at radius 2 is 2.26 bits per heavy atom. The molecule has 0 saturated carbocycles. The molecular weight excluding hydrogens is 242 g/mol. The molecule has 0 saturated heterocycles. The van der Waals surface area contributed by atoms with Gasteiger partial charge in [-0.2, -0.15) is 0 Å². The quantitative estimate of drug-likeness (QED) is 0.864. The van der Waals surface area contributed by atoms with E-state index in [1.165, 1.54) is 0 Å². The Bertz CT molecular complexity index is 551. The van der Waals surface area contributed by atoms with Crippen molar-refractivity contribution in [1.82, 2.24) is 14.9 Å². The summed E-state index contributed by atoms with van der Waals surface area (Å²) in [6.07, 6.45) is 3.68. The van der Waals surface area contributed by atoms with Gasteiger partial charge in [0.25, 0.3) is 0 Å². The lowest BCUT2D eigenvalue weighted by molar-refractivity contribution is 0.407. The maximum atomic E-state index is 9.90. The number of aromatic nitrogens is 2. The summed E-state index contributed by atoms with van der Waals surface area (Å²) in [5, 5.41) is 13.2. The molecule has 0 amide bonds. The van der Waals surface area contributed by atoms with Crippen LogP contribution in [0.4, 0.5) is 0 Å². The molecule has 1 aromatic carbocycles. The second kappa shape index (κ2) is 5.75. The number of hydrogen-bond acceptors (Lipinski definition) is 4. The second-order valence-corrected chi connectivity index (χ2v) is 4.48. The average molecular weight is 261 g/mol. The van der Waals surface area contributed by atoms with Gasteiger partial charge in [-0.15, -0.1) is 0 Å². The molecule has 2 aromatic rings. The molecule has 0 aliphatic carbocycles. The highest BCUT2D eigenvalue weighted by molar-refractivity contribution is 5.41. The van der Waals surface area contributed by atoms with E-state index >= 15 is 0 Å². The van der Waals surface area contributed by atoms with Crippen LogP contribution in [-0.2, 0) is 13.6 Å². The molecule has 5 nitrogen and oxygen atoms in total. The fraction of sp³-hybridized carbons (Fsp3) is 0.357. The first-order valence-corrected chi connectivity index (χ1v) is 6.18. The van der Waals surface area contributed by atoms with Crippen LogP contribution in [0, 0.1) is 0 Å². The third-order valence-corrected chi connectivity index (χ3v) is 3.19. The van der Waals surface area contributed by atoms with Crippen LogP contribution in [0.3, 0.4) is 0 Å². The van der Waals surface area contributed by atoms with Crippen LogP contribution in [0.15, 0.2) is 30.6 Å². The number of rotatable bonds is 5. The van der Waals surface area contributed by atoms with Crippen LogP contribution in [0.5, 0.6) is 11.5 Å². The highest BCUT2D eigenvalue weighted by Crippen LogP contribution is 2.28. The van der Waals surface area contributed by atoms with Crippen molar-refractivity contribution in [2.24, 2.45) is 7.05 Å². The van der Waals surface area contributed by atoms with Crippen molar-refractivity contribution in [2.75, 3.05) is 7.11 Å². The molecule has 1 atom stereocenters. The number of methoxy groups -OCH3 is 1. The van der Waals surface area contributed by atoms with E-state index in [1.807, 2.05) is 30.8 Å². The topological polar surface area (TPSA) is 59.3 Å². The molecule has 0 bridgehead atoms. The summed E-state index contributed by atoms with van der Waals surface area (Å²) in [6, 6.07) is 5.23. The van der Waals surface area contributed by atoms with Crippen LogP contribution in [0.2, 0.25) is 0 Å². The van der Waals surface area contributed by atoms with Crippen LogP contribution < -0.4 is 10.1 Å². The zero-order valence-corrected chi connectivity index (χ0v) is 11.4. The number of aromatic hydroxyl groups is 1.